The molecule has 0 N–H and O–H groups in total. The summed E-state index contributed by atoms with van der Waals surface area (Å²) in [5.74, 6) is 0. The summed E-state index contributed by atoms with van der Waals surface area (Å²) in [5.41, 5.74) is 0.975. The van der Waals surface area contributed by atoms with Gasteiger partial charge in [0.05, 0.1) is 150 Å². The van der Waals surface area contributed by atoms with E-state index in [1.807, 2.05) is 6.92 Å². The maximum absolute atomic E-state index is 12.1. The maximum atomic E-state index is 12.1. The summed E-state index contributed by atoms with van der Waals surface area (Å²) in [5, 5.41) is 0. The summed E-state index contributed by atoms with van der Waals surface area (Å²) in [7, 11) is -3.77. The summed E-state index contributed by atoms with van der Waals surface area (Å²) < 4.78 is 88.8. The Kier molecular flexibility index (Phi) is 30.9. The quantitative estimate of drug-likeness (QED) is 0.0740. The molecule has 0 aliphatic rings. The van der Waals surface area contributed by atoms with Crippen molar-refractivity contribution in [2.24, 2.45) is 0 Å². The van der Waals surface area contributed by atoms with E-state index in [4.69, 9.17) is 56.3 Å². The van der Waals surface area contributed by atoms with Gasteiger partial charge in [-0.25, -0.2) is 0 Å². The molecule has 1 aromatic carbocycles. The molecular weight excluding hydrogens is 640 g/mol. The van der Waals surface area contributed by atoms with Crippen molar-refractivity contribution in [2.75, 3.05) is 152 Å². The number of rotatable bonds is 37. The lowest BCUT2D eigenvalue weighted by Gasteiger charge is -2.09. The molecule has 0 fully saturated rings. The summed E-state index contributed by atoms with van der Waals surface area (Å²) in [6.07, 6.45) is 1.02. The molecule has 0 aromatic heterocycles. The van der Waals surface area contributed by atoms with E-state index in [2.05, 4.69) is 6.92 Å². The zero-order valence-corrected chi connectivity index (χ0v) is 29.2. The molecule has 0 saturated carbocycles. The van der Waals surface area contributed by atoms with E-state index in [-0.39, 0.29) is 18.1 Å². The second kappa shape index (κ2) is 33.2. The fourth-order valence-electron chi connectivity index (χ4n) is 3.42. The Hall–Kier alpha value is -1.31. The van der Waals surface area contributed by atoms with Gasteiger partial charge in [0.1, 0.15) is 0 Å². The van der Waals surface area contributed by atoms with E-state index in [0.29, 0.717) is 132 Å². The van der Waals surface area contributed by atoms with Gasteiger partial charge < -0.3 is 52.1 Å². The lowest BCUT2D eigenvalue weighted by molar-refractivity contribution is -0.0277. The van der Waals surface area contributed by atoms with Crippen LogP contribution in [0.3, 0.4) is 0 Å². The van der Waals surface area contributed by atoms with Crippen LogP contribution in [-0.2, 0) is 66.4 Å². The minimum Gasteiger partial charge on any atom is -0.379 e. The summed E-state index contributed by atoms with van der Waals surface area (Å²) in [4.78, 5) is 0.128. The van der Waals surface area contributed by atoms with Crippen molar-refractivity contribution in [1.29, 1.82) is 0 Å². The third-order valence-electron chi connectivity index (χ3n) is 5.84. The second-order valence-electron chi connectivity index (χ2n) is 9.83. The first kappa shape index (κ1) is 43.7. The van der Waals surface area contributed by atoms with Crippen LogP contribution in [0.5, 0.6) is 0 Å². The van der Waals surface area contributed by atoms with Crippen molar-refractivity contribution in [3.8, 4) is 0 Å². The maximum Gasteiger partial charge on any atom is 0.297 e. The Morgan fingerprint density at radius 2 is 0.617 bits per heavy atom. The van der Waals surface area contributed by atoms with Gasteiger partial charge in [-0.15, -0.1) is 0 Å². The van der Waals surface area contributed by atoms with Gasteiger partial charge in [0.25, 0.3) is 10.1 Å². The van der Waals surface area contributed by atoms with Crippen LogP contribution in [0.2, 0.25) is 0 Å². The van der Waals surface area contributed by atoms with Gasteiger partial charge in [-0.2, -0.15) is 8.42 Å². The van der Waals surface area contributed by atoms with Crippen LogP contribution >= 0.6 is 0 Å². The number of aryl methyl sites for hydroxylation is 1. The standard InChI is InChI=1S/C32H58O14S/c1-3-8-35-9-10-36-11-12-37-13-14-38-15-16-39-17-18-40-19-20-41-21-22-42-23-24-43-25-26-44-27-28-45-29-30-46-47(33,34)32-6-4-31(2)5-7-32/h4-7H,3,8-30H2,1-2H3. The molecule has 0 aliphatic carbocycles. The smallest absolute Gasteiger partial charge is 0.297 e. The number of hydrogen-bond acceptors (Lipinski definition) is 14. The Bertz CT molecular complexity index is 888. The Morgan fingerprint density at radius 1 is 0.383 bits per heavy atom. The summed E-state index contributed by atoms with van der Waals surface area (Å²) in [6.45, 7) is 14.6. The van der Waals surface area contributed by atoms with Crippen LogP contribution in [0.25, 0.3) is 0 Å². The molecule has 14 nitrogen and oxygen atoms in total. The minimum atomic E-state index is -3.77. The van der Waals surface area contributed by atoms with E-state index in [1.54, 1.807) is 12.1 Å². The van der Waals surface area contributed by atoms with Gasteiger partial charge in [-0.05, 0) is 25.5 Å². The van der Waals surface area contributed by atoms with Crippen LogP contribution < -0.4 is 0 Å². The Morgan fingerprint density at radius 3 is 0.872 bits per heavy atom. The van der Waals surface area contributed by atoms with Crippen molar-refractivity contribution in [3.63, 3.8) is 0 Å². The molecule has 0 spiro atoms. The molecule has 1 aromatic rings. The summed E-state index contributed by atoms with van der Waals surface area (Å²) >= 11 is 0. The van der Waals surface area contributed by atoms with Crippen LogP contribution in [-0.4, -0.2) is 160 Å². The highest BCUT2D eigenvalue weighted by Crippen LogP contribution is 2.12. The third-order valence-corrected chi connectivity index (χ3v) is 7.17. The molecule has 0 unspecified atom stereocenters. The molecule has 1 rings (SSSR count). The molecule has 0 radical (unpaired) electrons. The van der Waals surface area contributed by atoms with Crippen molar-refractivity contribution in [2.45, 2.75) is 25.2 Å². The lowest BCUT2D eigenvalue weighted by Crippen LogP contribution is -2.16. The highest BCUT2D eigenvalue weighted by molar-refractivity contribution is 7.86. The number of ether oxygens (including phenoxy) is 11. The van der Waals surface area contributed by atoms with Gasteiger partial charge >= 0.3 is 0 Å². The van der Waals surface area contributed by atoms with Crippen LogP contribution in [0.15, 0.2) is 29.2 Å². The largest absolute Gasteiger partial charge is 0.379 e. The fourth-order valence-corrected chi connectivity index (χ4v) is 4.31. The van der Waals surface area contributed by atoms with E-state index in [0.717, 1.165) is 18.6 Å². The number of benzene rings is 1. The lowest BCUT2D eigenvalue weighted by atomic mass is 10.2. The minimum absolute atomic E-state index is 0.0587. The Balaban J connectivity index is 1.67. The SMILES string of the molecule is CCCOCCOCCOCCOCCOCCOCCOCCOCCOCCOCCOCCOS(=O)(=O)c1ccc(C)cc1. The zero-order chi connectivity index (χ0) is 33.9. The fraction of sp³-hybridized carbons (Fsp3) is 0.812. The molecule has 0 amide bonds. The van der Waals surface area contributed by atoms with Crippen molar-refractivity contribution >= 4 is 10.1 Å². The predicted octanol–water partition coefficient (Wildman–Crippen LogP) is 2.29. The van der Waals surface area contributed by atoms with Crippen molar-refractivity contribution < 1.29 is 64.7 Å². The molecule has 276 valence electrons. The monoisotopic (exact) mass is 698 g/mol. The van der Waals surface area contributed by atoms with E-state index in [1.165, 1.54) is 12.1 Å². The second-order valence-corrected chi connectivity index (χ2v) is 11.4. The molecule has 0 aliphatic heterocycles. The molecule has 0 atom stereocenters. The third kappa shape index (κ3) is 29.3. The molecule has 0 saturated heterocycles. The topological polar surface area (TPSA) is 145 Å². The Labute approximate surface area is 281 Å². The first-order chi connectivity index (χ1) is 23.1. The van der Waals surface area contributed by atoms with Crippen molar-refractivity contribution in [1.82, 2.24) is 0 Å². The molecule has 0 heterocycles. The van der Waals surface area contributed by atoms with E-state index >= 15 is 0 Å². The van der Waals surface area contributed by atoms with Crippen LogP contribution in [0.1, 0.15) is 18.9 Å². The van der Waals surface area contributed by atoms with Gasteiger partial charge in [-0.1, -0.05) is 24.6 Å². The highest BCUT2D eigenvalue weighted by Gasteiger charge is 2.14. The average molecular weight is 699 g/mol. The zero-order valence-electron chi connectivity index (χ0n) is 28.4. The van der Waals surface area contributed by atoms with Gasteiger partial charge in [0.2, 0.25) is 0 Å². The molecular formula is C32H58O14S. The first-order valence-corrected chi connectivity index (χ1v) is 17.8. The van der Waals surface area contributed by atoms with Crippen LogP contribution in [0.4, 0.5) is 0 Å². The first-order valence-electron chi connectivity index (χ1n) is 16.4. The predicted molar refractivity (Wildman–Crippen MR) is 174 cm³/mol. The number of hydrogen-bond donors (Lipinski definition) is 0. The van der Waals surface area contributed by atoms with Gasteiger partial charge in [-0.3, -0.25) is 4.18 Å². The van der Waals surface area contributed by atoms with Gasteiger partial charge in [0.15, 0.2) is 0 Å². The molecule has 15 heteroatoms. The van der Waals surface area contributed by atoms with E-state index < -0.39 is 10.1 Å². The molecule has 47 heavy (non-hydrogen) atoms. The van der Waals surface area contributed by atoms with Gasteiger partial charge in [0, 0.05) is 6.61 Å². The average Bonchev–Trinajstić information content (AvgIpc) is 3.06. The normalized spacial score (nSPS) is 11.9. The van der Waals surface area contributed by atoms with E-state index in [9.17, 15) is 8.42 Å². The molecule has 0 bridgehead atoms. The summed E-state index contributed by atoms with van der Waals surface area (Å²) in [6, 6.07) is 6.48. The van der Waals surface area contributed by atoms with Crippen LogP contribution in [0, 0.1) is 6.92 Å². The van der Waals surface area contributed by atoms with Crippen molar-refractivity contribution in [3.05, 3.63) is 29.8 Å². The highest BCUT2D eigenvalue weighted by atomic mass is 32.2.